The normalized spacial score (nSPS) is 10.8. The first kappa shape index (κ1) is 21.1. The van der Waals surface area contributed by atoms with Crippen LogP contribution < -0.4 is 5.32 Å². The van der Waals surface area contributed by atoms with Crippen molar-refractivity contribution in [1.82, 2.24) is 20.1 Å². The molecule has 0 fully saturated rings. The van der Waals surface area contributed by atoms with Crippen molar-refractivity contribution in [1.29, 1.82) is 0 Å². The van der Waals surface area contributed by atoms with Crippen molar-refractivity contribution in [3.05, 3.63) is 60.2 Å². The van der Waals surface area contributed by atoms with Crippen molar-refractivity contribution in [2.45, 2.75) is 44.7 Å². The van der Waals surface area contributed by atoms with Gasteiger partial charge in [0, 0.05) is 17.8 Å². The van der Waals surface area contributed by atoms with Crippen molar-refractivity contribution in [2.75, 3.05) is 12.3 Å². The minimum Gasteiger partial charge on any atom is -0.355 e. The van der Waals surface area contributed by atoms with Crippen molar-refractivity contribution in [3.63, 3.8) is 0 Å². The fourth-order valence-corrected chi connectivity index (χ4v) is 3.81. The van der Waals surface area contributed by atoms with Crippen LogP contribution in [0.15, 0.2) is 59.8 Å². The number of hydrogen-bond acceptors (Lipinski definition) is 4. The van der Waals surface area contributed by atoms with Crippen molar-refractivity contribution < 1.29 is 4.79 Å². The first-order chi connectivity index (χ1) is 14.2. The molecule has 0 spiro atoms. The zero-order valence-corrected chi connectivity index (χ0v) is 17.9. The Kier molecular flexibility index (Phi) is 7.87. The molecule has 0 aliphatic carbocycles. The van der Waals surface area contributed by atoms with E-state index in [1.165, 1.54) is 30.2 Å². The highest BCUT2D eigenvalue weighted by atomic mass is 32.2. The lowest BCUT2D eigenvalue weighted by molar-refractivity contribution is -0.118. The Morgan fingerprint density at radius 3 is 2.48 bits per heavy atom. The van der Waals surface area contributed by atoms with Gasteiger partial charge < -0.3 is 5.32 Å². The van der Waals surface area contributed by atoms with E-state index in [1.54, 1.807) is 0 Å². The van der Waals surface area contributed by atoms with E-state index in [-0.39, 0.29) is 5.91 Å². The van der Waals surface area contributed by atoms with Crippen LogP contribution in [0.2, 0.25) is 0 Å². The van der Waals surface area contributed by atoms with Crippen molar-refractivity contribution in [3.8, 4) is 17.1 Å². The Labute approximate surface area is 176 Å². The molecular formula is C23H28N4OS. The van der Waals surface area contributed by atoms with E-state index < -0.39 is 0 Å². The maximum atomic E-state index is 12.2. The van der Waals surface area contributed by atoms with Crippen LogP contribution in [-0.2, 0) is 4.79 Å². The Bertz CT molecular complexity index is 906. The van der Waals surface area contributed by atoms with Crippen LogP contribution in [0.5, 0.6) is 0 Å². The number of aryl methyl sites for hydroxylation is 1. The average Bonchev–Trinajstić information content (AvgIpc) is 3.17. The van der Waals surface area contributed by atoms with Gasteiger partial charge in [0.05, 0.1) is 5.75 Å². The molecule has 29 heavy (non-hydrogen) atoms. The summed E-state index contributed by atoms with van der Waals surface area (Å²) in [5.41, 5.74) is 3.18. The summed E-state index contributed by atoms with van der Waals surface area (Å²) in [5, 5.41) is 12.5. The molecule has 0 atom stereocenters. The first-order valence-corrected chi connectivity index (χ1v) is 11.1. The molecule has 6 heteroatoms. The molecule has 2 aromatic carbocycles. The maximum absolute atomic E-state index is 12.2. The van der Waals surface area contributed by atoms with E-state index in [0.29, 0.717) is 10.9 Å². The summed E-state index contributed by atoms with van der Waals surface area (Å²) in [5.74, 6) is 1.14. The minimum absolute atomic E-state index is 0.0333. The van der Waals surface area contributed by atoms with Crippen LogP contribution in [0, 0.1) is 6.92 Å². The van der Waals surface area contributed by atoms with Gasteiger partial charge in [-0.25, -0.2) is 0 Å². The lowest BCUT2D eigenvalue weighted by Gasteiger charge is -2.10. The Morgan fingerprint density at radius 1 is 1.00 bits per heavy atom. The fraction of sp³-hybridized carbons (Fsp3) is 0.348. The molecular weight excluding hydrogens is 380 g/mol. The Hall–Kier alpha value is -2.60. The van der Waals surface area contributed by atoms with Crippen LogP contribution in [0.3, 0.4) is 0 Å². The van der Waals surface area contributed by atoms with Crippen LogP contribution in [0.1, 0.15) is 38.2 Å². The second-order valence-corrected chi connectivity index (χ2v) is 7.98. The highest BCUT2D eigenvalue weighted by molar-refractivity contribution is 7.99. The number of aromatic nitrogens is 3. The van der Waals surface area contributed by atoms with Gasteiger partial charge in [-0.3, -0.25) is 9.36 Å². The molecule has 0 radical (unpaired) electrons. The smallest absolute Gasteiger partial charge is 0.230 e. The molecule has 5 nitrogen and oxygen atoms in total. The number of unbranched alkanes of at least 4 members (excludes halogenated alkanes) is 3. The fourth-order valence-electron chi connectivity index (χ4n) is 3.02. The van der Waals surface area contributed by atoms with E-state index in [9.17, 15) is 4.79 Å². The molecule has 152 valence electrons. The first-order valence-electron chi connectivity index (χ1n) is 10.2. The van der Waals surface area contributed by atoms with Crippen LogP contribution >= 0.6 is 11.8 Å². The highest BCUT2D eigenvalue weighted by Gasteiger charge is 2.17. The number of amides is 1. The summed E-state index contributed by atoms with van der Waals surface area (Å²) in [6.45, 7) is 4.98. The SMILES string of the molecule is CCCCCCNC(=O)CSc1nnc(-c2ccc(C)cc2)n1-c1ccccc1. The number of carbonyl (C=O) groups is 1. The molecule has 0 aliphatic heterocycles. The molecule has 1 aromatic heterocycles. The molecule has 3 rings (SSSR count). The van der Waals surface area contributed by atoms with Gasteiger partial charge in [-0.1, -0.05) is 86.0 Å². The van der Waals surface area contributed by atoms with Crippen molar-refractivity contribution in [2.24, 2.45) is 0 Å². The number of benzene rings is 2. The number of thioether (sulfide) groups is 1. The van der Waals surface area contributed by atoms with E-state index in [2.05, 4.69) is 53.6 Å². The summed E-state index contributed by atoms with van der Waals surface area (Å²) in [6, 6.07) is 18.3. The Balaban J connectivity index is 1.73. The minimum atomic E-state index is 0.0333. The van der Waals surface area contributed by atoms with Crippen LogP contribution in [0.25, 0.3) is 17.1 Å². The monoisotopic (exact) mass is 408 g/mol. The van der Waals surface area contributed by atoms with Gasteiger partial charge in [0.15, 0.2) is 11.0 Å². The molecule has 0 bridgehead atoms. The highest BCUT2D eigenvalue weighted by Crippen LogP contribution is 2.28. The van der Waals surface area contributed by atoms with Gasteiger partial charge in [0.25, 0.3) is 0 Å². The van der Waals surface area contributed by atoms with Gasteiger partial charge in [-0.15, -0.1) is 10.2 Å². The van der Waals surface area contributed by atoms with Gasteiger partial charge in [-0.05, 0) is 25.5 Å². The Morgan fingerprint density at radius 2 is 1.76 bits per heavy atom. The summed E-state index contributed by atoms with van der Waals surface area (Å²) in [7, 11) is 0. The third kappa shape index (κ3) is 5.94. The average molecular weight is 409 g/mol. The number of nitrogens with one attached hydrogen (secondary N) is 1. The third-order valence-electron chi connectivity index (χ3n) is 4.64. The second kappa shape index (κ2) is 10.8. The van der Waals surface area contributed by atoms with Gasteiger partial charge in [0.2, 0.25) is 5.91 Å². The zero-order chi connectivity index (χ0) is 20.5. The van der Waals surface area contributed by atoms with E-state index in [0.717, 1.165) is 36.5 Å². The molecule has 0 saturated carbocycles. The standard InChI is InChI=1S/C23H28N4OS/c1-3-4-5-9-16-24-21(28)17-29-23-26-25-22(19-14-12-18(2)13-15-19)27(23)20-10-7-6-8-11-20/h6-8,10-15H,3-5,9,16-17H2,1-2H3,(H,24,28). The van der Waals surface area contributed by atoms with Crippen molar-refractivity contribution >= 4 is 17.7 Å². The van der Waals surface area contributed by atoms with Crippen LogP contribution in [0.4, 0.5) is 0 Å². The van der Waals surface area contributed by atoms with E-state index in [4.69, 9.17) is 0 Å². The molecule has 0 saturated heterocycles. The lowest BCUT2D eigenvalue weighted by Crippen LogP contribution is -2.26. The van der Waals surface area contributed by atoms with E-state index >= 15 is 0 Å². The molecule has 3 aromatic rings. The molecule has 0 aliphatic rings. The maximum Gasteiger partial charge on any atom is 0.230 e. The summed E-state index contributed by atoms with van der Waals surface area (Å²) >= 11 is 1.41. The number of hydrogen-bond donors (Lipinski definition) is 1. The molecule has 0 unspecified atom stereocenters. The van der Waals surface area contributed by atoms with Gasteiger partial charge in [-0.2, -0.15) is 0 Å². The largest absolute Gasteiger partial charge is 0.355 e. The van der Waals surface area contributed by atoms with Gasteiger partial charge >= 0.3 is 0 Å². The molecule has 1 amide bonds. The predicted octanol–water partition coefficient (Wildman–Crippen LogP) is 5.03. The summed E-state index contributed by atoms with van der Waals surface area (Å²) in [4.78, 5) is 12.2. The zero-order valence-electron chi connectivity index (χ0n) is 17.1. The number of carbonyl (C=O) groups excluding carboxylic acids is 1. The predicted molar refractivity (Wildman–Crippen MR) is 119 cm³/mol. The lowest BCUT2D eigenvalue weighted by atomic mass is 10.1. The van der Waals surface area contributed by atoms with Gasteiger partial charge in [0.1, 0.15) is 0 Å². The summed E-state index contributed by atoms with van der Waals surface area (Å²) in [6.07, 6.45) is 4.60. The number of para-hydroxylation sites is 1. The van der Waals surface area contributed by atoms with Crippen LogP contribution in [-0.4, -0.2) is 33.0 Å². The molecule has 1 heterocycles. The summed E-state index contributed by atoms with van der Waals surface area (Å²) < 4.78 is 2.02. The number of rotatable bonds is 10. The number of nitrogens with zero attached hydrogens (tertiary/aromatic N) is 3. The third-order valence-corrected chi connectivity index (χ3v) is 5.57. The second-order valence-electron chi connectivity index (χ2n) is 7.04. The van der Waals surface area contributed by atoms with E-state index in [1.807, 2.05) is 34.9 Å². The molecule has 1 N–H and O–H groups in total. The quantitative estimate of drug-likeness (QED) is 0.377. The topological polar surface area (TPSA) is 59.8 Å².